The van der Waals surface area contributed by atoms with Crippen molar-refractivity contribution in [2.45, 2.75) is 0 Å². The summed E-state index contributed by atoms with van der Waals surface area (Å²) in [4.78, 5) is 0. The van der Waals surface area contributed by atoms with Crippen molar-refractivity contribution < 1.29 is 140 Å². The molecule has 0 rings (SSSR count). The van der Waals surface area contributed by atoms with Crippen LogP contribution in [0.1, 0.15) is 0 Å². The van der Waals surface area contributed by atoms with E-state index in [1.165, 1.54) is 0 Å². The van der Waals surface area contributed by atoms with E-state index in [0.29, 0.717) is 0 Å². The van der Waals surface area contributed by atoms with E-state index < -0.39 is 9.05 Å². The van der Waals surface area contributed by atoms with Gasteiger partial charge >= 0.3 is 103 Å². The molecule has 1 atom stereocenters. The van der Waals surface area contributed by atoms with Gasteiger partial charge in [0.25, 0.3) is 0 Å². The third-order valence-electron chi connectivity index (χ3n) is 0. The summed E-state index contributed by atoms with van der Waals surface area (Å²) < 4.78 is 25.3. The maximum Gasteiger partial charge on any atom is 1.00 e. The first-order valence-corrected chi connectivity index (χ1v) is 3.05. The molecule has 0 saturated heterocycles. The van der Waals surface area contributed by atoms with Crippen LogP contribution in [0.15, 0.2) is 0 Å². The van der Waals surface area contributed by atoms with Crippen molar-refractivity contribution in [1.29, 1.82) is 0 Å². The van der Waals surface area contributed by atoms with Gasteiger partial charge in [0.1, 0.15) is 0 Å². The molecule has 0 aromatic carbocycles. The molecule has 0 radical (unpaired) electrons. The van der Waals surface area contributed by atoms with Gasteiger partial charge in [-0.25, -0.2) is 4.21 Å². The van der Waals surface area contributed by atoms with Crippen LogP contribution in [0.2, 0.25) is 0 Å². The summed E-state index contributed by atoms with van der Waals surface area (Å²) in [6, 6.07) is 0. The van der Waals surface area contributed by atoms with Crippen LogP contribution in [0, 0.1) is 0 Å². The Morgan fingerprint density at radius 1 is 1.50 bits per heavy atom. The minimum Gasteiger partial charge on any atom is -1.00 e. The maximum absolute atomic E-state index is 9.00. The fourth-order valence-electron chi connectivity index (χ4n) is 0. The summed E-state index contributed by atoms with van der Waals surface area (Å²) in [5.41, 5.74) is 0. The van der Waals surface area contributed by atoms with Gasteiger partial charge in [-0.3, -0.25) is 0 Å². The third kappa shape index (κ3) is 48.2. The van der Waals surface area contributed by atoms with Crippen LogP contribution < -0.4 is 127 Å². The molecule has 1 unspecified atom stereocenters. The Hall–Kier alpha value is 4.29. The van der Waals surface area contributed by atoms with Crippen LogP contribution in [0.25, 0.3) is 0 Å². The summed E-state index contributed by atoms with van der Waals surface area (Å²) in [5.74, 6) is 0. The van der Waals surface area contributed by atoms with Gasteiger partial charge < -0.3 is 33.1 Å². The van der Waals surface area contributed by atoms with E-state index in [9.17, 15) is 0 Å². The molecule has 0 aliphatic rings. The second-order valence-corrected chi connectivity index (χ2v) is 2.55. The monoisotopic (exact) mass is 318 g/mol. The van der Waals surface area contributed by atoms with Gasteiger partial charge in [0, 0.05) is 0 Å². The Morgan fingerprint density at radius 2 is 1.50 bits per heavy atom. The molecule has 0 fully saturated rings. The van der Waals surface area contributed by atoms with E-state index in [-0.39, 0.29) is 127 Å². The Balaban J connectivity index is -0.0000000267. The summed E-state index contributed by atoms with van der Waals surface area (Å²) in [6.45, 7) is 0. The van der Waals surface area contributed by atoms with Gasteiger partial charge in [-0.2, -0.15) is 0 Å². The van der Waals surface area contributed by atoms with E-state index in [1.54, 1.807) is 0 Å². The van der Waals surface area contributed by atoms with Crippen LogP contribution in [0.4, 0.5) is 0 Å². The van der Waals surface area contributed by atoms with Crippen molar-refractivity contribution in [2.24, 2.45) is 0 Å². The topological polar surface area (TPSA) is 60.4 Å². The fourth-order valence-corrected chi connectivity index (χ4v) is 0. The van der Waals surface area contributed by atoms with Crippen molar-refractivity contribution in [2.75, 3.05) is 0 Å². The predicted octanol–water partition coefficient (Wildman–Crippen LogP) is -9.65. The average molecular weight is 318 g/mol. The number of hydrogen-bond acceptors (Lipinski definition) is 3. The van der Waals surface area contributed by atoms with Crippen molar-refractivity contribution in [3.8, 4) is 0 Å². The van der Waals surface area contributed by atoms with Gasteiger partial charge in [0.2, 0.25) is 0 Å². The summed E-state index contributed by atoms with van der Waals surface area (Å²) in [6.07, 6.45) is 0. The van der Waals surface area contributed by atoms with E-state index in [1.807, 2.05) is 0 Å². The van der Waals surface area contributed by atoms with Gasteiger partial charge in [-0.1, -0.05) is 0 Å². The van der Waals surface area contributed by atoms with Crippen molar-refractivity contribution in [3.63, 3.8) is 0 Å². The van der Waals surface area contributed by atoms with Gasteiger partial charge in [0.05, 0.1) is 9.05 Å². The predicted molar refractivity (Wildman–Crippen MR) is 18.9 cm³/mol. The minimum atomic E-state index is -4.08. The van der Waals surface area contributed by atoms with Crippen LogP contribution in [0.3, 0.4) is 0 Å². The number of halogens is 1. The Labute approximate surface area is 155 Å². The van der Waals surface area contributed by atoms with Crippen molar-refractivity contribution in [1.82, 2.24) is 0 Å². The molecule has 0 aromatic heterocycles. The van der Waals surface area contributed by atoms with Crippen LogP contribution in [-0.4, -0.2) is 13.3 Å². The van der Waals surface area contributed by atoms with Gasteiger partial charge in [-0.15, -0.1) is 0 Å². The molecule has 0 amide bonds. The van der Waals surface area contributed by atoms with E-state index >= 15 is 0 Å². The molecule has 3 nitrogen and oxygen atoms in total. The smallest absolute Gasteiger partial charge is 1.00 e. The molecule has 0 heterocycles. The molecule has 0 spiro atoms. The molecule has 1 N–H and O–H groups in total. The SMILES string of the molecule is O=S([O-])(O)=S.[I-].[K+].[K+]. The molecular weight excluding hydrogens is 317 g/mol. The summed E-state index contributed by atoms with van der Waals surface area (Å²) >= 11 is 3.35. The zero-order chi connectivity index (χ0) is 4.50. The summed E-state index contributed by atoms with van der Waals surface area (Å²) in [7, 11) is -4.08. The second kappa shape index (κ2) is 11.3. The minimum absolute atomic E-state index is 0. The average Bonchev–Trinajstić information content (AvgIpc) is 0.722. The van der Waals surface area contributed by atoms with Gasteiger partial charge in [-0.05, 0) is 11.2 Å². The standard InChI is InChI=1S/HI.2K.H2O3S2/c;;;1-5(2,3)4/h1H;;;(H2,1,2,3,4)/q;2*+1;/p-2. The van der Waals surface area contributed by atoms with E-state index in [0.717, 1.165) is 0 Å². The molecule has 8 heavy (non-hydrogen) atoms. The van der Waals surface area contributed by atoms with Crippen molar-refractivity contribution >= 4 is 20.2 Å². The van der Waals surface area contributed by atoms with Crippen LogP contribution >= 0.6 is 0 Å². The second-order valence-electron chi connectivity index (χ2n) is 0.428. The first-order valence-electron chi connectivity index (χ1n) is 0.683. The number of rotatable bonds is 0. The zero-order valence-electron chi connectivity index (χ0n) is 4.46. The molecule has 0 bridgehead atoms. The number of hydrogen-bond donors (Lipinski definition) is 1. The Kier molecular flexibility index (Phi) is 32.2. The molecule has 0 aromatic rings. The maximum atomic E-state index is 9.00. The molecular formula is HIK2O3S2. The Bertz CT molecular complexity index is 98.5. The third-order valence-corrected chi connectivity index (χ3v) is 0. The molecule has 0 saturated carbocycles. The fraction of sp³-hybridized carbons (Fsp3) is 0. The first kappa shape index (κ1) is 22.8. The van der Waals surface area contributed by atoms with Crippen LogP contribution in [-0.2, 0) is 20.2 Å². The van der Waals surface area contributed by atoms with Gasteiger partial charge in [0.15, 0.2) is 0 Å². The normalized spacial score (nSPS) is 13.2. The van der Waals surface area contributed by atoms with Crippen molar-refractivity contribution in [3.05, 3.63) is 0 Å². The first-order chi connectivity index (χ1) is 2.00. The molecule has 0 aliphatic carbocycles. The largest absolute Gasteiger partial charge is 1.00 e. The quantitative estimate of drug-likeness (QED) is 0.356. The molecule has 40 valence electrons. The molecule has 0 aliphatic heterocycles. The summed E-state index contributed by atoms with van der Waals surface area (Å²) in [5, 5.41) is 0. The van der Waals surface area contributed by atoms with E-state index in [4.69, 9.17) is 13.3 Å². The van der Waals surface area contributed by atoms with E-state index in [2.05, 4.69) is 11.2 Å². The Morgan fingerprint density at radius 3 is 1.50 bits per heavy atom. The zero-order valence-corrected chi connectivity index (χ0v) is 14.5. The molecule has 8 heteroatoms. The van der Waals surface area contributed by atoms with Crippen LogP contribution in [0.5, 0.6) is 0 Å².